The van der Waals surface area contributed by atoms with Crippen molar-refractivity contribution in [3.05, 3.63) is 76.3 Å². The number of anilines is 3. The highest BCUT2D eigenvalue weighted by Crippen LogP contribution is 2.40. The van der Waals surface area contributed by atoms with Crippen molar-refractivity contribution in [2.45, 2.75) is 39.8 Å². The quantitative estimate of drug-likeness (QED) is 0.230. The third-order valence-corrected chi connectivity index (χ3v) is 6.68. The van der Waals surface area contributed by atoms with Crippen molar-refractivity contribution < 1.29 is 23.2 Å². The van der Waals surface area contributed by atoms with Crippen LogP contribution in [0.5, 0.6) is 0 Å². The van der Waals surface area contributed by atoms with Crippen LogP contribution < -0.4 is 16.4 Å². The second kappa shape index (κ2) is 10.4. The molecule has 3 aromatic heterocycles. The van der Waals surface area contributed by atoms with Crippen molar-refractivity contribution in [3.8, 4) is 10.4 Å². The van der Waals surface area contributed by atoms with Gasteiger partial charge in [0.05, 0.1) is 29.5 Å². The normalized spacial score (nSPS) is 11.9. The number of hydrogen-bond acceptors (Lipinski definition) is 8. The maximum Gasteiger partial charge on any atom is 0.251 e. The zero-order valence-corrected chi connectivity index (χ0v) is 20.7. The van der Waals surface area contributed by atoms with Gasteiger partial charge in [-0.2, -0.15) is 0 Å². The van der Waals surface area contributed by atoms with Crippen molar-refractivity contribution in [1.82, 2.24) is 10.1 Å². The third kappa shape index (κ3) is 5.21. The number of aliphatic hydroxyl groups excluding tert-OH is 1. The Hall–Kier alpha value is -3.83. The van der Waals surface area contributed by atoms with Gasteiger partial charge >= 0.3 is 0 Å². The van der Waals surface area contributed by atoms with E-state index in [0.29, 0.717) is 35.2 Å². The lowest BCUT2D eigenvalue weighted by atomic mass is 10.0. The fourth-order valence-electron chi connectivity index (χ4n) is 3.72. The number of hydrogen-bond donors (Lipinski definition) is 4. The molecule has 3 heterocycles. The molecule has 0 aliphatic carbocycles. The standard InChI is InChI=1S/C25H25F2N5O3S/c1-4-19(33)14-8-17(26)22(18(27)9-14)20-10-16(24(28)34)25(36-20)31-21-7-5-6-15(30-21)11-29-23-12(2)32-35-13(23)3/h5-10,19,29,33H,4,11H2,1-3H3,(H2,28,34)(H,30,31). The van der Waals surface area contributed by atoms with E-state index in [2.05, 4.69) is 20.8 Å². The molecule has 1 amide bonds. The van der Waals surface area contributed by atoms with Crippen LogP contribution in [0.15, 0.2) is 40.9 Å². The van der Waals surface area contributed by atoms with Crippen molar-refractivity contribution in [2.24, 2.45) is 5.73 Å². The second-order valence-electron chi connectivity index (χ2n) is 8.19. The van der Waals surface area contributed by atoms with Gasteiger partial charge in [0.1, 0.15) is 33.8 Å². The number of carbonyl (C=O) groups is 1. The number of carbonyl (C=O) groups excluding carboxylic acids is 1. The van der Waals surface area contributed by atoms with Crippen molar-refractivity contribution in [1.29, 1.82) is 0 Å². The van der Waals surface area contributed by atoms with Gasteiger partial charge in [-0.05, 0) is 56.2 Å². The number of rotatable bonds is 9. The Morgan fingerprint density at radius 1 is 1.22 bits per heavy atom. The second-order valence-corrected chi connectivity index (χ2v) is 9.25. The number of nitrogens with zero attached hydrogens (tertiary/aromatic N) is 2. The highest BCUT2D eigenvalue weighted by Gasteiger charge is 2.22. The van der Waals surface area contributed by atoms with Gasteiger partial charge in [0.2, 0.25) is 0 Å². The monoisotopic (exact) mass is 513 g/mol. The van der Waals surface area contributed by atoms with E-state index in [-0.39, 0.29) is 21.6 Å². The molecular weight excluding hydrogens is 488 g/mol. The summed E-state index contributed by atoms with van der Waals surface area (Å²) in [7, 11) is 0. The Morgan fingerprint density at radius 3 is 2.56 bits per heavy atom. The molecule has 1 atom stereocenters. The van der Waals surface area contributed by atoms with E-state index in [1.807, 2.05) is 13.0 Å². The topological polar surface area (TPSA) is 126 Å². The molecule has 36 heavy (non-hydrogen) atoms. The molecular formula is C25H25F2N5O3S. The molecule has 188 valence electrons. The number of nitrogens with two attached hydrogens (primary N) is 1. The molecule has 4 aromatic rings. The summed E-state index contributed by atoms with van der Waals surface area (Å²) in [6.45, 7) is 5.73. The number of thiophene rings is 1. The van der Waals surface area contributed by atoms with Crippen LogP contribution in [0.25, 0.3) is 10.4 Å². The van der Waals surface area contributed by atoms with Gasteiger partial charge in [-0.15, -0.1) is 11.3 Å². The number of aromatic nitrogens is 2. The average Bonchev–Trinajstić information content (AvgIpc) is 3.39. The van der Waals surface area contributed by atoms with E-state index in [9.17, 15) is 18.7 Å². The van der Waals surface area contributed by atoms with E-state index >= 15 is 0 Å². The largest absolute Gasteiger partial charge is 0.388 e. The van der Waals surface area contributed by atoms with E-state index < -0.39 is 23.6 Å². The van der Waals surface area contributed by atoms with Gasteiger partial charge in [0, 0.05) is 4.88 Å². The number of benzene rings is 1. The number of halogens is 2. The SMILES string of the molecule is CCC(O)c1cc(F)c(-c2cc(C(N)=O)c(Nc3cccc(CNc4c(C)noc4C)n3)s2)c(F)c1. The van der Waals surface area contributed by atoms with Crippen LogP contribution >= 0.6 is 11.3 Å². The zero-order chi connectivity index (χ0) is 26.0. The molecule has 1 unspecified atom stereocenters. The molecule has 0 aliphatic rings. The first kappa shape index (κ1) is 25.3. The molecule has 0 fully saturated rings. The third-order valence-electron chi connectivity index (χ3n) is 5.61. The Kier molecular flexibility index (Phi) is 7.32. The first-order valence-electron chi connectivity index (χ1n) is 11.2. The maximum absolute atomic E-state index is 14.9. The Morgan fingerprint density at radius 2 is 1.94 bits per heavy atom. The van der Waals surface area contributed by atoms with E-state index in [0.717, 1.165) is 34.9 Å². The average molecular weight is 514 g/mol. The van der Waals surface area contributed by atoms with Crippen LogP contribution in [-0.4, -0.2) is 21.2 Å². The predicted octanol–water partition coefficient (Wildman–Crippen LogP) is 5.59. The Labute approximate surface area is 210 Å². The van der Waals surface area contributed by atoms with E-state index in [1.165, 1.54) is 6.07 Å². The number of nitrogens with one attached hydrogen (secondary N) is 2. The predicted molar refractivity (Wildman–Crippen MR) is 134 cm³/mol. The minimum atomic E-state index is -0.977. The molecule has 0 aliphatic heterocycles. The molecule has 0 bridgehead atoms. The van der Waals surface area contributed by atoms with Crippen molar-refractivity contribution >= 4 is 33.8 Å². The van der Waals surface area contributed by atoms with Gasteiger partial charge in [0.15, 0.2) is 5.76 Å². The molecule has 11 heteroatoms. The molecule has 0 radical (unpaired) electrons. The number of aliphatic hydroxyl groups is 1. The van der Waals surface area contributed by atoms with Gasteiger partial charge in [-0.3, -0.25) is 4.79 Å². The number of primary amides is 1. The summed E-state index contributed by atoms with van der Waals surface area (Å²) < 4.78 is 34.9. The van der Waals surface area contributed by atoms with Gasteiger partial charge < -0.3 is 26.0 Å². The van der Waals surface area contributed by atoms with Gasteiger partial charge in [0.25, 0.3) is 5.91 Å². The lowest BCUT2D eigenvalue weighted by Crippen LogP contribution is -2.11. The Bertz CT molecular complexity index is 1380. The van der Waals surface area contributed by atoms with Gasteiger partial charge in [-0.1, -0.05) is 18.1 Å². The molecule has 0 saturated heterocycles. The minimum absolute atomic E-state index is 0.0764. The lowest BCUT2D eigenvalue weighted by Gasteiger charge is -2.11. The fraction of sp³-hybridized carbons (Fsp3) is 0.240. The van der Waals surface area contributed by atoms with E-state index in [1.54, 1.807) is 26.0 Å². The number of amides is 1. The van der Waals surface area contributed by atoms with Crippen LogP contribution in [0.1, 0.15) is 52.5 Å². The van der Waals surface area contributed by atoms with Crippen LogP contribution in [-0.2, 0) is 6.54 Å². The summed E-state index contributed by atoms with van der Waals surface area (Å²) in [5.74, 6) is -1.35. The van der Waals surface area contributed by atoms with Crippen molar-refractivity contribution in [3.63, 3.8) is 0 Å². The number of aryl methyl sites for hydroxylation is 2. The summed E-state index contributed by atoms with van der Waals surface area (Å²) >= 11 is 0.975. The smallest absolute Gasteiger partial charge is 0.251 e. The number of pyridine rings is 1. The summed E-state index contributed by atoms with van der Waals surface area (Å²) in [5, 5.41) is 20.4. The molecule has 8 nitrogen and oxygen atoms in total. The zero-order valence-electron chi connectivity index (χ0n) is 19.9. The van der Waals surface area contributed by atoms with E-state index in [4.69, 9.17) is 10.3 Å². The summed E-state index contributed by atoms with van der Waals surface area (Å²) in [5.41, 5.74) is 7.68. The van der Waals surface area contributed by atoms with Crippen LogP contribution in [0.3, 0.4) is 0 Å². The first-order valence-corrected chi connectivity index (χ1v) is 12.0. The molecule has 4 rings (SSSR count). The van der Waals surface area contributed by atoms with Gasteiger partial charge in [-0.25, -0.2) is 13.8 Å². The molecule has 5 N–H and O–H groups in total. The highest BCUT2D eigenvalue weighted by atomic mass is 32.1. The first-order chi connectivity index (χ1) is 17.2. The summed E-state index contributed by atoms with van der Waals surface area (Å²) in [6.07, 6.45) is -0.660. The van der Waals surface area contributed by atoms with Crippen LogP contribution in [0.4, 0.5) is 25.3 Å². The highest BCUT2D eigenvalue weighted by molar-refractivity contribution is 7.20. The summed E-state index contributed by atoms with van der Waals surface area (Å²) in [4.78, 5) is 16.8. The molecule has 0 spiro atoms. The lowest BCUT2D eigenvalue weighted by molar-refractivity contribution is 0.100. The van der Waals surface area contributed by atoms with Crippen molar-refractivity contribution in [2.75, 3.05) is 10.6 Å². The Balaban J connectivity index is 1.61. The van der Waals surface area contributed by atoms with Crippen LogP contribution in [0.2, 0.25) is 0 Å². The molecule has 0 saturated carbocycles. The summed E-state index contributed by atoms with van der Waals surface area (Å²) in [6, 6.07) is 8.85. The molecule has 1 aromatic carbocycles. The fourth-order valence-corrected chi connectivity index (χ4v) is 4.84. The van der Waals surface area contributed by atoms with Crippen LogP contribution in [0, 0.1) is 25.5 Å². The maximum atomic E-state index is 14.9. The minimum Gasteiger partial charge on any atom is -0.388 e.